The van der Waals surface area contributed by atoms with Crippen molar-refractivity contribution in [3.8, 4) is 0 Å². The molecular weight excluding hydrogens is 573 g/mol. The molecule has 4 atom stereocenters. The number of amides is 4. The van der Waals surface area contributed by atoms with E-state index in [0.717, 1.165) is 16.0 Å². The summed E-state index contributed by atoms with van der Waals surface area (Å²) >= 11 is 0. The van der Waals surface area contributed by atoms with Gasteiger partial charge in [-0.3, -0.25) is 24.6 Å². The lowest BCUT2D eigenvalue weighted by Crippen LogP contribution is -2.59. The number of nitrogens with zero attached hydrogens (tertiary/aromatic N) is 2. The first-order valence-electron chi connectivity index (χ1n) is 13.3. The molecule has 11 nitrogen and oxygen atoms in total. The summed E-state index contributed by atoms with van der Waals surface area (Å²) in [5.41, 5.74) is 1.12. The van der Waals surface area contributed by atoms with Gasteiger partial charge in [0.05, 0.1) is 18.9 Å². The maximum Gasteiger partial charge on any atom is 0.490 e. The topological polar surface area (TPSA) is 145 Å². The Balaban J connectivity index is 0.000000646. The third kappa shape index (κ3) is 7.13. The molecule has 0 radical (unpaired) electrons. The van der Waals surface area contributed by atoms with E-state index in [0.29, 0.717) is 12.2 Å². The number of anilines is 1. The maximum atomic E-state index is 13.3. The lowest BCUT2D eigenvalue weighted by atomic mass is 9.76. The third-order valence-electron chi connectivity index (χ3n) is 7.49. The molecule has 2 aromatic carbocycles. The van der Waals surface area contributed by atoms with Crippen LogP contribution in [0.2, 0.25) is 0 Å². The average molecular weight is 607 g/mol. The Kier molecular flexibility index (Phi) is 10.2. The number of urea groups is 1. The maximum absolute atomic E-state index is 13.3. The molecule has 0 bridgehead atoms. The van der Waals surface area contributed by atoms with Crippen LogP contribution in [0.1, 0.15) is 18.1 Å². The highest BCUT2D eigenvalue weighted by Crippen LogP contribution is 2.45. The number of esters is 1. The van der Waals surface area contributed by atoms with Crippen molar-refractivity contribution in [1.29, 1.82) is 0 Å². The van der Waals surface area contributed by atoms with E-state index in [1.807, 2.05) is 68.4 Å². The van der Waals surface area contributed by atoms with Gasteiger partial charge >= 0.3 is 24.1 Å². The second-order valence-corrected chi connectivity index (χ2v) is 10.3. The number of carboxylic acids is 1. The second kappa shape index (κ2) is 13.2. The monoisotopic (exact) mass is 606 g/mol. The van der Waals surface area contributed by atoms with E-state index in [1.165, 1.54) is 14.2 Å². The summed E-state index contributed by atoms with van der Waals surface area (Å²) in [5.74, 6) is -5.89. The fourth-order valence-corrected chi connectivity index (χ4v) is 5.38. The minimum absolute atomic E-state index is 0.135. The van der Waals surface area contributed by atoms with Crippen molar-refractivity contribution < 1.29 is 47.0 Å². The Bertz CT molecular complexity index is 1350. The van der Waals surface area contributed by atoms with E-state index < -0.39 is 47.4 Å². The van der Waals surface area contributed by atoms with Gasteiger partial charge in [-0.25, -0.2) is 9.59 Å². The number of imide groups is 1. The number of halogens is 3. The number of alkyl halides is 3. The molecule has 4 amide bonds. The number of nitrogens with one attached hydrogen (secondary N) is 2. The van der Waals surface area contributed by atoms with Crippen molar-refractivity contribution in [2.24, 2.45) is 11.8 Å². The van der Waals surface area contributed by atoms with Gasteiger partial charge in [0.15, 0.2) is 0 Å². The zero-order valence-corrected chi connectivity index (χ0v) is 24.0. The number of hydrogen-bond donors (Lipinski definition) is 3. The van der Waals surface area contributed by atoms with Crippen molar-refractivity contribution in [1.82, 2.24) is 15.1 Å². The quantitative estimate of drug-likeness (QED) is 0.322. The molecular formula is C29H33F3N4O7. The van der Waals surface area contributed by atoms with Crippen molar-refractivity contribution >= 4 is 35.5 Å². The Hall–Kier alpha value is -4.46. The number of benzene rings is 2. The molecule has 2 fully saturated rings. The summed E-state index contributed by atoms with van der Waals surface area (Å²) in [7, 11) is 2.71. The molecule has 2 saturated heterocycles. The summed E-state index contributed by atoms with van der Waals surface area (Å²) in [4.78, 5) is 64.4. The van der Waals surface area contributed by atoms with Gasteiger partial charge in [-0.2, -0.15) is 13.2 Å². The van der Waals surface area contributed by atoms with Crippen molar-refractivity contribution in [2.45, 2.75) is 38.0 Å². The van der Waals surface area contributed by atoms with Crippen molar-refractivity contribution in [3.05, 3.63) is 65.7 Å². The van der Waals surface area contributed by atoms with Gasteiger partial charge in [0.1, 0.15) is 5.54 Å². The van der Waals surface area contributed by atoms with Crippen LogP contribution in [0.25, 0.3) is 0 Å². The molecule has 232 valence electrons. The number of rotatable bonds is 7. The molecule has 2 aromatic rings. The van der Waals surface area contributed by atoms with Crippen LogP contribution in [0, 0.1) is 18.8 Å². The van der Waals surface area contributed by atoms with Crippen LogP contribution in [-0.4, -0.2) is 89.7 Å². The summed E-state index contributed by atoms with van der Waals surface area (Å²) in [6, 6.07) is 15.8. The number of carbonyl (C=O) groups excluding carboxylic acids is 4. The molecule has 0 aliphatic carbocycles. The Labute approximate surface area is 246 Å². The number of fused-ring (bicyclic) bond motifs is 1. The number of carboxylic acid groups (broad SMARTS) is 1. The molecule has 14 heteroatoms. The molecule has 0 aromatic heterocycles. The van der Waals surface area contributed by atoms with E-state index in [-0.39, 0.29) is 24.9 Å². The zero-order valence-electron chi connectivity index (χ0n) is 24.0. The fraction of sp³-hybridized carbons (Fsp3) is 0.414. The lowest BCUT2D eigenvalue weighted by Gasteiger charge is -2.33. The molecule has 43 heavy (non-hydrogen) atoms. The molecule has 2 aliphatic rings. The van der Waals surface area contributed by atoms with Gasteiger partial charge in [-0.15, -0.1) is 0 Å². The normalized spacial score (nSPS) is 22.8. The number of likely N-dealkylation sites (N-methyl/N-ethyl adjacent to an activating group) is 1. The standard InChI is InChI=1S/C27H32N4O5.C2HF3O2/c1-5-31(26(35)28-19-13-11-17(2)12-14-19)16-20-21-22(24(33)30(3)23(21)32)27(29-20,25(34)36-4)15-18-9-7-6-8-10-18;3-2(4,5)1(6)7/h6-14,20-22,29H,5,15-16H2,1-4H3,(H,28,35);(H,6,7)/t20-,21+,22-,27-;/m1./s1. The largest absolute Gasteiger partial charge is 0.490 e. The summed E-state index contributed by atoms with van der Waals surface area (Å²) < 4.78 is 36.9. The number of aliphatic carboxylic acids is 1. The highest BCUT2D eigenvalue weighted by molar-refractivity contribution is 6.09. The number of ether oxygens (including phenoxy) is 1. The predicted octanol–water partition coefficient (Wildman–Crippen LogP) is 2.84. The van der Waals surface area contributed by atoms with Crippen LogP contribution in [0.4, 0.5) is 23.7 Å². The lowest BCUT2D eigenvalue weighted by molar-refractivity contribution is -0.192. The number of likely N-dealkylation sites (tertiary alicyclic amines) is 1. The first kappa shape index (κ1) is 33.0. The van der Waals surface area contributed by atoms with Crippen LogP contribution in [-0.2, 0) is 30.3 Å². The van der Waals surface area contributed by atoms with E-state index in [4.69, 9.17) is 14.6 Å². The first-order chi connectivity index (χ1) is 20.2. The zero-order chi connectivity index (χ0) is 32.1. The molecule has 0 saturated carbocycles. The number of hydrogen-bond acceptors (Lipinski definition) is 7. The van der Waals surface area contributed by atoms with Gasteiger partial charge in [0, 0.05) is 38.3 Å². The van der Waals surface area contributed by atoms with Crippen molar-refractivity contribution in [3.63, 3.8) is 0 Å². The van der Waals surface area contributed by atoms with Crippen LogP contribution < -0.4 is 10.6 Å². The Morgan fingerprint density at radius 3 is 2.16 bits per heavy atom. The number of carbonyl (C=O) groups is 5. The molecule has 0 spiro atoms. The van der Waals surface area contributed by atoms with E-state index >= 15 is 0 Å². The first-order valence-corrected chi connectivity index (χ1v) is 13.3. The minimum Gasteiger partial charge on any atom is -0.475 e. The summed E-state index contributed by atoms with van der Waals surface area (Å²) in [6.45, 7) is 4.31. The number of methoxy groups -OCH3 is 1. The van der Waals surface area contributed by atoms with Gasteiger partial charge in [-0.05, 0) is 31.5 Å². The molecule has 0 unspecified atom stereocenters. The summed E-state index contributed by atoms with van der Waals surface area (Å²) in [5, 5.41) is 13.3. The Morgan fingerprint density at radius 1 is 1.07 bits per heavy atom. The van der Waals surface area contributed by atoms with Crippen LogP contribution in [0.5, 0.6) is 0 Å². The van der Waals surface area contributed by atoms with Gasteiger partial charge in [0.2, 0.25) is 11.8 Å². The second-order valence-electron chi connectivity index (χ2n) is 10.3. The fourth-order valence-electron chi connectivity index (χ4n) is 5.38. The minimum atomic E-state index is -5.08. The van der Waals surface area contributed by atoms with E-state index in [1.54, 1.807) is 4.90 Å². The Morgan fingerprint density at radius 2 is 1.65 bits per heavy atom. The predicted molar refractivity (Wildman–Crippen MR) is 148 cm³/mol. The average Bonchev–Trinajstić information content (AvgIpc) is 3.41. The SMILES string of the molecule is CCN(C[C@H]1N[C@@](Cc2ccccc2)(C(=O)OC)[C@H]2C(=O)N(C)C(=O)[C@@H]12)C(=O)Nc1ccc(C)cc1.O=C(O)C(F)(F)F. The highest BCUT2D eigenvalue weighted by atomic mass is 19.4. The van der Waals surface area contributed by atoms with Gasteiger partial charge in [-0.1, -0.05) is 48.0 Å². The highest BCUT2D eigenvalue weighted by Gasteiger charge is 2.68. The van der Waals surface area contributed by atoms with Gasteiger partial charge in [0.25, 0.3) is 0 Å². The number of aryl methyl sites for hydroxylation is 1. The third-order valence-corrected chi connectivity index (χ3v) is 7.49. The van der Waals surface area contributed by atoms with Crippen LogP contribution in [0.15, 0.2) is 54.6 Å². The van der Waals surface area contributed by atoms with Crippen LogP contribution in [0.3, 0.4) is 0 Å². The van der Waals surface area contributed by atoms with Crippen molar-refractivity contribution in [2.75, 3.05) is 32.6 Å². The molecule has 4 rings (SSSR count). The molecule has 2 heterocycles. The van der Waals surface area contributed by atoms with Crippen LogP contribution >= 0.6 is 0 Å². The molecule has 2 aliphatic heterocycles. The van der Waals surface area contributed by atoms with Gasteiger partial charge < -0.3 is 20.1 Å². The molecule has 3 N–H and O–H groups in total. The van der Waals surface area contributed by atoms with E-state index in [9.17, 15) is 32.3 Å². The van der Waals surface area contributed by atoms with E-state index in [2.05, 4.69) is 10.6 Å². The summed E-state index contributed by atoms with van der Waals surface area (Å²) in [6.07, 6.45) is -4.91. The smallest absolute Gasteiger partial charge is 0.475 e.